The summed E-state index contributed by atoms with van der Waals surface area (Å²) >= 11 is 5.90. The van der Waals surface area contributed by atoms with Gasteiger partial charge in [0.25, 0.3) is 0 Å². The molecule has 5 heteroatoms. The molecule has 0 bridgehead atoms. The highest BCUT2D eigenvalue weighted by molar-refractivity contribution is 6.30. The van der Waals surface area contributed by atoms with Gasteiger partial charge in [-0.05, 0) is 42.0 Å². The van der Waals surface area contributed by atoms with Crippen LogP contribution in [0.5, 0.6) is 0 Å². The predicted octanol–water partition coefficient (Wildman–Crippen LogP) is 3.11. The van der Waals surface area contributed by atoms with Crippen molar-refractivity contribution in [2.75, 3.05) is 6.54 Å². The lowest BCUT2D eigenvalue weighted by Gasteiger charge is -2.08. The van der Waals surface area contributed by atoms with Gasteiger partial charge in [-0.2, -0.15) is 0 Å². The molecule has 0 saturated heterocycles. The fourth-order valence-electron chi connectivity index (χ4n) is 2.14. The van der Waals surface area contributed by atoms with E-state index in [-0.39, 0.29) is 6.04 Å². The van der Waals surface area contributed by atoms with Crippen LogP contribution in [-0.4, -0.2) is 11.7 Å². The van der Waals surface area contributed by atoms with Gasteiger partial charge in [0.05, 0.1) is 5.39 Å². The van der Waals surface area contributed by atoms with Crippen LogP contribution in [-0.2, 0) is 0 Å². The van der Waals surface area contributed by atoms with Crippen molar-refractivity contribution in [3.05, 3.63) is 53.1 Å². The normalized spacial score (nSPS) is 12.8. The maximum Gasteiger partial charge on any atom is 0.174 e. The maximum absolute atomic E-state index is 5.97. The monoisotopic (exact) mass is 287 g/mol. The highest BCUT2D eigenvalue weighted by atomic mass is 35.5. The lowest BCUT2D eigenvalue weighted by atomic mass is 10.0. The van der Waals surface area contributed by atoms with E-state index >= 15 is 0 Å². The SMILES string of the molecule is NCC(N)c1ccc2noc(-c3ccc(Cl)cc3)c2c1. The Morgan fingerprint density at radius 2 is 1.90 bits per heavy atom. The second-order valence-electron chi connectivity index (χ2n) is 4.64. The van der Waals surface area contributed by atoms with Gasteiger partial charge in [-0.3, -0.25) is 0 Å². The average molecular weight is 288 g/mol. The molecule has 0 saturated carbocycles. The Hall–Kier alpha value is -1.88. The first-order valence-electron chi connectivity index (χ1n) is 6.30. The summed E-state index contributed by atoms with van der Waals surface area (Å²) < 4.78 is 5.44. The van der Waals surface area contributed by atoms with E-state index in [0.717, 1.165) is 22.0 Å². The number of aromatic nitrogens is 1. The van der Waals surface area contributed by atoms with Gasteiger partial charge in [0.15, 0.2) is 5.76 Å². The molecule has 0 spiro atoms. The van der Waals surface area contributed by atoms with Crippen molar-refractivity contribution in [1.82, 2.24) is 5.16 Å². The van der Waals surface area contributed by atoms with Crippen molar-refractivity contribution in [2.45, 2.75) is 6.04 Å². The van der Waals surface area contributed by atoms with Crippen LogP contribution in [0.4, 0.5) is 0 Å². The van der Waals surface area contributed by atoms with Gasteiger partial charge in [-0.1, -0.05) is 22.8 Å². The number of nitrogens with zero attached hydrogens (tertiary/aromatic N) is 1. The molecular formula is C15H14ClN3O. The summed E-state index contributed by atoms with van der Waals surface area (Å²) in [4.78, 5) is 0. The third-order valence-electron chi connectivity index (χ3n) is 3.29. The molecule has 0 fully saturated rings. The fourth-order valence-corrected chi connectivity index (χ4v) is 2.26. The van der Waals surface area contributed by atoms with Gasteiger partial charge in [0.2, 0.25) is 0 Å². The van der Waals surface area contributed by atoms with E-state index in [1.165, 1.54) is 0 Å². The molecule has 1 heterocycles. The first-order valence-corrected chi connectivity index (χ1v) is 6.68. The van der Waals surface area contributed by atoms with Gasteiger partial charge in [-0.15, -0.1) is 0 Å². The van der Waals surface area contributed by atoms with Crippen LogP contribution in [0.25, 0.3) is 22.2 Å². The standard InChI is InChI=1S/C15H14ClN3O/c16-11-4-1-9(2-5-11)15-12-7-10(13(18)8-17)3-6-14(12)19-20-15/h1-7,13H,8,17-18H2. The summed E-state index contributed by atoms with van der Waals surface area (Å²) in [5, 5.41) is 5.67. The largest absolute Gasteiger partial charge is 0.355 e. The quantitative estimate of drug-likeness (QED) is 0.776. The maximum atomic E-state index is 5.97. The van der Waals surface area contributed by atoms with Crippen molar-refractivity contribution in [3.63, 3.8) is 0 Å². The molecule has 0 amide bonds. The fraction of sp³-hybridized carbons (Fsp3) is 0.133. The van der Waals surface area contributed by atoms with Gasteiger partial charge in [-0.25, -0.2) is 0 Å². The summed E-state index contributed by atoms with van der Waals surface area (Å²) in [6.07, 6.45) is 0. The second-order valence-corrected chi connectivity index (χ2v) is 5.07. The van der Waals surface area contributed by atoms with Crippen LogP contribution in [0.3, 0.4) is 0 Å². The van der Waals surface area contributed by atoms with Crippen LogP contribution in [0.15, 0.2) is 47.0 Å². The van der Waals surface area contributed by atoms with E-state index < -0.39 is 0 Å². The summed E-state index contributed by atoms with van der Waals surface area (Å²) in [5.74, 6) is 0.711. The number of benzene rings is 2. The summed E-state index contributed by atoms with van der Waals surface area (Å²) in [5.41, 5.74) is 14.3. The van der Waals surface area contributed by atoms with E-state index in [9.17, 15) is 0 Å². The van der Waals surface area contributed by atoms with E-state index in [0.29, 0.717) is 17.3 Å². The molecule has 0 aliphatic carbocycles. The van der Waals surface area contributed by atoms with Gasteiger partial charge < -0.3 is 16.0 Å². The number of rotatable bonds is 3. The topological polar surface area (TPSA) is 78.1 Å². The van der Waals surface area contributed by atoms with Crippen LogP contribution in [0.2, 0.25) is 5.02 Å². The number of nitrogens with two attached hydrogens (primary N) is 2. The Morgan fingerprint density at radius 3 is 2.60 bits per heavy atom. The predicted molar refractivity (Wildman–Crippen MR) is 80.4 cm³/mol. The Morgan fingerprint density at radius 1 is 1.15 bits per heavy atom. The molecule has 4 N–H and O–H groups in total. The second kappa shape index (κ2) is 5.25. The smallest absolute Gasteiger partial charge is 0.174 e. The minimum absolute atomic E-state index is 0.188. The molecule has 3 rings (SSSR count). The van der Waals surface area contributed by atoms with Crippen molar-refractivity contribution in [1.29, 1.82) is 0 Å². The molecule has 0 aliphatic rings. The van der Waals surface area contributed by atoms with Crippen molar-refractivity contribution >= 4 is 22.5 Å². The van der Waals surface area contributed by atoms with E-state index in [1.807, 2.05) is 42.5 Å². The molecule has 3 aromatic rings. The third-order valence-corrected chi connectivity index (χ3v) is 3.54. The summed E-state index contributed by atoms with van der Waals surface area (Å²) in [7, 11) is 0. The van der Waals surface area contributed by atoms with E-state index in [1.54, 1.807) is 0 Å². The molecule has 0 aliphatic heterocycles. The number of fused-ring (bicyclic) bond motifs is 1. The molecule has 0 radical (unpaired) electrons. The highest BCUT2D eigenvalue weighted by Gasteiger charge is 2.13. The van der Waals surface area contributed by atoms with Crippen LogP contribution in [0, 0.1) is 0 Å². The first kappa shape index (κ1) is 13.1. The zero-order chi connectivity index (χ0) is 14.1. The first-order chi connectivity index (χ1) is 9.69. The van der Waals surface area contributed by atoms with E-state index in [4.69, 9.17) is 27.6 Å². The zero-order valence-corrected chi connectivity index (χ0v) is 11.5. The lowest BCUT2D eigenvalue weighted by Crippen LogP contribution is -2.20. The van der Waals surface area contributed by atoms with Gasteiger partial charge >= 0.3 is 0 Å². The third kappa shape index (κ3) is 2.29. The highest BCUT2D eigenvalue weighted by Crippen LogP contribution is 2.30. The number of hydrogen-bond donors (Lipinski definition) is 2. The molecule has 1 unspecified atom stereocenters. The van der Waals surface area contributed by atoms with Crippen molar-refractivity contribution in [2.24, 2.45) is 11.5 Å². The minimum atomic E-state index is -0.188. The lowest BCUT2D eigenvalue weighted by molar-refractivity contribution is 0.441. The summed E-state index contributed by atoms with van der Waals surface area (Å²) in [6.45, 7) is 0.396. The minimum Gasteiger partial charge on any atom is -0.355 e. The molecule has 1 aromatic heterocycles. The Bertz CT molecular complexity index is 736. The Labute approximate surface area is 121 Å². The molecule has 20 heavy (non-hydrogen) atoms. The van der Waals surface area contributed by atoms with Crippen molar-refractivity contribution < 1.29 is 4.52 Å². The molecule has 1 atom stereocenters. The van der Waals surface area contributed by atoms with Gasteiger partial charge in [0.1, 0.15) is 5.52 Å². The van der Waals surface area contributed by atoms with Crippen LogP contribution < -0.4 is 11.5 Å². The number of hydrogen-bond acceptors (Lipinski definition) is 4. The number of halogens is 1. The molecular weight excluding hydrogens is 274 g/mol. The Kier molecular flexibility index (Phi) is 3.44. The molecule has 102 valence electrons. The average Bonchev–Trinajstić information content (AvgIpc) is 2.90. The molecule has 2 aromatic carbocycles. The zero-order valence-electron chi connectivity index (χ0n) is 10.7. The van der Waals surface area contributed by atoms with Crippen LogP contribution in [0.1, 0.15) is 11.6 Å². The van der Waals surface area contributed by atoms with Gasteiger partial charge in [0, 0.05) is 23.2 Å². The van der Waals surface area contributed by atoms with E-state index in [2.05, 4.69) is 5.16 Å². The van der Waals surface area contributed by atoms with Crippen LogP contribution >= 0.6 is 11.6 Å². The summed E-state index contributed by atoms with van der Waals surface area (Å²) in [6, 6.07) is 13.0. The Balaban J connectivity index is 2.13. The molecule has 4 nitrogen and oxygen atoms in total. The van der Waals surface area contributed by atoms with Crippen molar-refractivity contribution in [3.8, 4) is 11.3 Å².